The van der Waals surface area contributed by atoms with Gasteiger partial charge in [-0.15, -0.1) is 0 Å². The van der Waals surface area contributed by atoms with Crippen molar-refractivity contribution in [3.05, 3.63) is 83.4 Å². The van der Waals surface area contributed by atoms with Gasteiger partial charge in [-0.05, 0) is 73.5 Å². The third-order valence-corrected chi connectivity index (χ3v) is 6.26. The first-order chi connectivity index (χ1) is 15.3. The zero-order valence-corrected chi connectivity index (χ0v) is 18.4. The fraction of sp³-hybridized carbons (Fsp3) is 0.125. The summed E-state index contributed by atoms with van der Waals surface area (Å²) in [5.41, 5.74) is 3.70. The van der Waals surface area contributed by atoms with Crippen molar-refractivity contribution in [2.24, 2.45) is 0 Å². The average Bonchev–Trinajstić information content (AvgIpc) is 3.22. The second-order valence-corrected chi connectivity index (χ2v) is 9.07. The molecule has 2 N–H and O–H groups in total. The molecule has 4 rings (SSSR count). The van der Waals surface area contributed by atoms with Crippen LogP contribution < -0.4 is 19.5 Å². The second kappa shape index (κ2) is 8.76. The molecule has 0 aromatic heterocycles. The van der Waals surface area contributed by atoms with E-state index >= 15 is 0 Å². The summed E-state index contributed by atoms with van der Waals surface area (Å²) < 4.78 is 38.5. The van der Waals surface area contributed by atoms with E-state index < -0.39 is 10.0 Å². The van der Waals surface area contributed by atoms with Gasteiger partial charge in [0.2, 0.25) is 12.7 Å². The zero-order chi connectivity index (χ0) is 22.7. The predicted octanol–water partition coefficient (Wildman–Crippen LogP) is 4.48. The van der Waals surface area contributed by atoms with Crippen LogP contribution in [0.1, 0.15) is 16.7 Å². The summed E-state index contributed by atoms with van der Waals surface area (Å²) >= 11 is 0. The average molecular weight is 451 g/mol. The number of hydrogen-bond acceptors (Lipinski definition) is 5. The highest BCUT2D eigenvalue weighted by Crippen LogP contribution is 2.32. The van der Waals surface area contributed by atoms with Gasteiger partial charge >= 0.3 is 0 Å². The van der Waals surface area contributed by atoms with Gasteiger partial charge in [0.1, 0.15) is 0 Å². The van der Waals surface area contributed by atoms with Crippen molar-refractivity contribution in [2.45, 2.75) is 18.7 Å². The molecule has 1 heterocycles. The molecule has 1 aliphatic rings. The summed E-state index contributed by atoms with van der Waals surface area (Å²) in [7, 11) is -3.74. The molecule has 0 atom stereocenters. The molecule has 3 aromatic rings. The van der Waals surface area contributed by atoms with Crippen LogP contribution in [0.25, 0.3) is 6.08 Å². The Bertz CT molecular complexity index is 1300. The summed E-state index contributed by atoms with van der Waals surface area (Å²) in [6, 6.07) is 16.9. The standard InChI is InChI=1S/C24H22N2O5S/c1-16-3-10-21(17(2)13-16)26-32(28,29)20-8-6-19(7-9-20)25-24(27)12-5-18-4-11-22-23(14-18)31-15-30-22/h3-14,26H,15H2,1-2H3,(H,25,27)/b12-5+. The summed E-state index contributed by atoms with van der Waals surface area (Å²) in [6.45, 7) is 3.98. The Kier molecular flexibility index (Phi) is 5.87. The Morgan fingerprint density at radius 3 is 2.44 bits per heavy atom. The maximum absolute atomic E-state index is 12.7. The number of hydrogen-bond donors (Lipinski definition) is 2. The second-order valence-electron chi connectivity index (χ2n) is 7.38. The maximum atomic E-state index is 12.7. The lowest BCUT2D eigenvalue weighted by molar-refractivity contribution is -0.111. The van der Waals surface area contributed by atoms with Crippen LogP contribution >= 0.6 is 0 Å². The Labute approximate surface area is 186 Å². The number of amides is 1. The lowest BCUT2D eigenvalue weighted by atomic mass is 10.1. The van der Waals surface area contributed by atoms with Gasteiger partial charge in [-0.1, -0.05) is 23.8 Å². The van der Waals surface area contributed by atoms with Gasteiger partial charge in [0, 0.05) is 11.8 Å². The van der Waals surface area contributed by atoms with Crippen molar-refractivity contribution >= 4 is 33.4 Å². The number of fused-ring (bicyclic) bond motifs is 1. The molecule has 0 spiro atoms. The minimum Gasteiger partial charge on any atom is -0.454 e. The number of rotatable bonds is 6. The Morgan fingerprint density at radius 2 is 1.69 bits per heavy atom. The van der Waals surface area contributed by atoms with Crippen molar-refractivity contribution in [3.63, 3.8) is 0 Å². The van der Waals surface area contributed by atoms with Gasteiger partial charge in [-0.3, -0.25) is 9.52 Å². The van der Waals surface area contributed by atoms with E-state index in [1.54, 1.807) is 36.4 Å². The molecular formula is C24H22N2O5S. The van der Waals surface area contributed by atoms with E-state index in [1.807, 2.05) is 32.0 Å². The Hall–Kier alpha value is -3.78. The van der Waals surface area contributed by atoms with Crippen LogP contribution in [0.3, 0.4) is 0 Å². The molecule has 32 heavy (non-hydrogen) atoms. The molecule has 0 bridgehead atoms. The molecule has 164 valence electrons. The number of carbonyl (C=O) groups excluding carboxylic acids is 1. The number of nitrogens with one attached hydrogen (secondary N) is 2. The SMILES string of the molecule is Cc1ccc(NS(=O)(=O)c2ccc(NC(=O)/C=C/c3ccc4c(c3)OCO4)cc2)c(C)c1. The number of carbonyl (C=O) groups is 1. The summed E-state index contributed by atoms with van der Waals surface area (Å²) in [6.07, 6.45) is 3.05. The fourth-order valence-electron chi connectivity index (χ4n) is 3.22. The van der Waals surface area contributed by atoms with Crippen molar-refractivity contribution in [2.75, 3.05) is 16.8 Å². The normalized spacial score (nSPS) is 12.7. The number of aryl methyl sites for hydroxylation is 2. The molecule has 0 unspecified atom stereocenters. The van der Waals surface area contributed by atoms with E-state index in [9.17, 15) is 13.2 Å². The number of ether oxygens (including phenoxy) is 2. The Balaban J connectivity index is 1.40. The van der Waals surface area contributed by atoms with Crippen LogP contribution in [-0.4, -0.2) is 21.1 Å². The third-order valence-electron chi connectivity index (χ3n) is 4.88. The van der Waals surface area contributed by atoms with Gasteiger partial charge in [0.15, 0.2) is 11.5 Å². The quantitative estimate of drug-likeness (QED) is 0.540. The first kappa shape index (κ1) is 21.5. The number of anilines is 2. The first-order valence-electron chi connectivity index (χ1n) is 9.89. The molecule has 3 aromatic carbocycles. The van der Waals surface area contributed by atoms with E-state index in [0.29, 0.717) is 22.9 Å². The summed E-state index contributed by atoms with van der Waals surface area (Å²) in [4.78, 5) is 12.3. The van der Waals surface area contributed by atoms with Crippen LogP contribution in [0.4, 0.5) is 11.4 Å². The monoisotopic (exact) mass is 450 g/mol. The highest BCUT2D eigenvalue weighted by molar-refractivity contribution is 7.92. The predicted molar refractivity (Wildman–Crippen MR) is 123 cm³/mol. The van der Waals surface area contributed by atoms with Crippen LogP contribution in [0.2, 0.25) is 0 Å². The van der Waals surface area contributed by atoms with Gasteiger partial charge in [-0.25, -0.2) is 8.42 Å². The van der Waals surface area contributed by atoms with Crippen LogP contribution in [0.15, 0.2) is 71.6 Å². The van der Waals surface area contributed by atoms with Crippen molar-refractivity contribution in [3.8, 4) is 11.5 Å². The van der Waals surface area contributed by atoms with Crippen LogP contribution in [0.5, 0.6) is 11.5 Å². The maximum Gasteiger partial charge on any atom is 0.261 e. The van der Waals surface area contributed by atoms with Gasteiger partial charge < -0.3 is 14.8 Å². The van der Waals surface area contributed by atoms with E-state index in [-0.39, 0.29) is 17.6 Å². The first-order valence-corrected chi connectivity index (χ1v) is 11.4. The number of sulfonamides is 1. The molecule has 1 amide bonds. The largest absolute Gasteiger partial charge is 0.454 e. The van der Waals surface area contributed by atoms with E-state index in [4.69, 9.17) is 9.47 Å². The third kappa shape index (κ3) is 4.92. The van der Waals surface area contributed by atoms with Gasteiger partial charge in [-0.2, -0.15) is 0 Å². The molecule has 0 aliphatic carbocycles. The smallest absolute Gasteiger partial charge is 0.261 e. The van der Waals surface area contributed by atoms with Gasteiger partial charge in [0.05, 0.1) is 10.6 Å². The minimum atomic E-state index is -3.74. The zero-order valence-electron chi connectivity index (χ0n) is 17.6. The fourth-order valence-corrected chi connectivity index (χ4v) is 4.35. The Morgan fingerprint density at radius 1 is 0.938 bits per heavy atom. The van der Waals surface area contributed by atoms with E-state index in [2.05, 4.69) is 10.0 Å². The molecule has 8 heteroatoms. The highest BCUT2D eigenvalue weighted by Gasteiger charge is 2.16. The van der Waals surface area contributed by atoms with Gasteiger partial charge in [0.25, 0.3) is 10.0 Å². The molecule has 0 saturated carbocycles. The van der Waals surface area contributed by atoms with Crippen molar-refractivity contribution in [1.29, 1.82) is 0 Å². The molecule has 7 nitrogen and oxygen atoms in total. The molecule has 1 aliphatic heterocycles. The van der Waals surface area contributed by atoms with Crippen molar-refractivity contribution in [1.82, 2.24) is 0 Å². The van der Waals surface area contributed by atoms with Crippen molar-refractivity contribution < 1.29 is 22.7 Å². The lowest BCUT2D eigenvalue weighted by Gasteiger charge is -2.11. The van der Waals surface area contributed by atoms with E-state index in [0.717, 1.165) is 16.7 Å². The molecular weight excluding hydrogens is 428 g/mol. The molecule has 0 fully saturated rings. The topological polar surface area (TPSA) is 93.7 Å². The lowest BCUT2D eigenvalue weighted by Crippen LogP contribution is -2.14. The van der Waals surface area contributed by atoms with Crippen LogP contribution in [-0.2, 0) is 14.8 Å². The summed E-state index contributed by atoms with van der Waals surface area (Å²) in [5, 5.41) is 2.71. The van der Waals surface area contributed by atoms with E-state index in [1.165, 1.54) is 18.2 Å². The minimum absolute atomic E-state index is 0.103. The molecule has 0 radical (unpaired) electrons. The highest BCUT2D eigenvalue weighted by atomic mass is 32.2. The molecule has 0 saturated heterocycles. The van der Waals surface area contributed by atoms with Crippen LogP contribution in [0, 0.1) is 13.8 Å². The summed E-state index contributed by atoms with van der Waals surface area (Å²) in [5.74, 6) is 0.971. The number of benzene rings is 3.